The highest BCUT2D eigenvalue weighted by Crippen LogP contribution is 2.31. The molecular formula is C18H17N5. The number of hydrogen-bond donors (Lipinski definition) is 2. The van der Waals surface area contributed by atoms with Crippen LogP contribution in [0.15, 0.2) is 67.4 Å². The number of rotatable bonds is 4. The fraction of sp³-hybridized carbons (Fsp3) is 0.111. The molecule has 114 valence electrons. The predicted octanol–water partition coefficient (Wildman–Crippen LogP) is 3.50. The van der Waals surface area contributed by atoms with Gasteiger partial charge in [-0.25, -0.2) is 0 Å². The lowest BCUT2D eigenvalue weighted by molar-refractivity contribution is 0.766. The summed E-state index contributed by atoms with van der Waals surface area (Å²) in [6.45, 7) is 0. The number of H-pyrrole nitrogens is 1. The number of para-hydroxylation sites is 1. The molecule has 4 rings (SSSR count). The molecule has 0 aliphatic heterocycles. The van der Waals surface area contributed by atoms with Crippen molar-refractivity contribution in [2.75, 3.05) is 5.32 Å². The first-order valence-electron chi connectivity index (χ1n) is 7.52. The SMILES string of the molecule is Cn1cc(C(Nc2cccnc2)c2c[nH]c3ccccc23)cn1. The van der Waals surface area contributed by atoms with Gasteiger partial charge < -0.3 is 10.3 Å². The summed E-state index contributed by atoms with van der Waals surface area (Å²) in [5.41, 5.74) is 4.41. The van der Waals surface area contributed by atoms with Crippen LogP contribution in [-0.4, -0.2) is 19.7 Å². The number of hydrogen-bond acceptors (Lipinski definition) is 3. The second-order valence-corrected chi connectivity index (χ2v) is 5.56. The molecule has 5 heteroatoms. The first kappa shape index (κ1) is 13.6. The highest BCUT2D eigenvalue weighted by Gasteiger charge is 2.19. The minimum absolute atomic E-state index is 0.00375. The molecule has 3 aromatic heterocycles. The lowest BCUT2D eigenvalue weighted by Gasteiger charge is -2.18. The summed E-state index contributed by atoms with van der Waals surface area (Å²) in [6.07, 6.45) is 9.60. The van der Waals surface area contributed by atoms with E-state index in [2.05, 4.69) is 44.8 Å². The number of benzene rings is 1. The van der Waals surface area contributed by atoms with Crippen LogP contribution in [0.25, 0.3) is 10.9 Å². The van der Waals surface area contributed by atoms with Gasteiger partial charge in [-0.3, -0.25) is 9.67 Å². The standard InChI is InChI=1S/C18H17N5/c1-23-12-13(9-21-23)18(22-14-5-4-8-19-10-14)16-11-20-17-7-3-2-6-15(16)17/h2-12,18,20,22H,1H3. The Morgan fingerprint density at radius 2 is 2.04 bits per heavy atom. The van der Waals surface area contributed by atoms with Crippen LogP contribution in [0.3, 0.4) is 0 Å². The number of aromatic amines is 1. The molecule has 0 radical (unpaired) electrons. The van der Waals surface area contributed by atoms with Gasteiger partial charge in [-0.2, -0.15) is 5.10 Å². The molecule has 2 N–H and O–H groups in total. The number of anilines is 1. The summed E-state index contributed by atoms with van der Waals surface area (Å²) in [5.74, 6) is 0. The Labute approximate surface area is 134 Å². The van der Waals surface area contributed by atoms with Gasteiger partial charge in [0.05, 0.1) is 17.9 Å². The second-order valence-electron chi connectivity index (χ2n) is 5.56. The Morgan fingerprint density at radius 1 is 1.13 bits per heavy atom. The van der Waals surface area contributed by atoms with E-state index in [9.17, 15) is 0 Å². The van der Waals surface area contributed by atoms with Crippen LogP contribution >= 0.6 is 0 Å². The summed E-state index contributed by atoms with van der Waals surface area (Å²) in [6, 6.07) is 12.3. The Kier molecular flexibility index (Phi) is 3.31. The Bertz CT molecular complexity index is 923. The van der Waals surface area contributed by atoms with Crippen LogP contribution < -0.4 is 5.32 Å². The topological polar surface area (TPSA) is 58.5 Å². The zero-order valence-corrected chi connectivity index (χ0v) is 12.8. The van der Waals surface area contributed by atoms with E-state index in [4.69, 9.17) is 0 Å². The van der Waals surface area contributed by atoms with Crippen LogP contribution in [0.1, 0.15) is 17.2 Å². The molecule has 0 saturated carbocycles. The normalized spacial score (nSPS) is 12.4. The van der Waals surface area contributed by atoms with Crippen LogP contribution in [0, 0.1) is 0 Å². The van der Waals surface area contributed by atoms with E-state index >= 15 is 0 Å². The Balaban J connectivity index is 1.81. The van der Waals surface area contributed by atoms with Gasteiger partial charge in [0.25, 0.3) is 0 Å². The Morgan fingerprint density at radius 3 is 2.83 bits per heavy atom. The van der Waals surface area contributed by atoms with Crippen molar-refractivity contribution in [3.05, 3.63) is 78.5 Å². The van der Waals surface area contributed by atoms with Crippen LogP contribution in [0.5, 0.6) is 0 Å². The lowest BCUT2D eigenvalue weighted by Crippen LogP contribution is -2.11. The molecule has 1 atom stereocenters. The maximum atomic E-state index is 4.32. The van der Waals surface area contributed by atoms with Gasteiger partial charge in [-0.15, -0.1) is 0 Å². The van der Waals surface area contributed by atoms with E-state index < -0.39 is 0 Å². The number of pyridine rings is 1. The van der Waals surface area contributed by atoms with Gasteiger partial charge in [0.1, 0.15) is 0 Å². The monoisotopic (exact) mass is 303 g/mol. The molecule has 0 spiro atoms. The van der Waals surface area contributed by atoms with Gasteiger partial charge in [0, 0.05) is 53.9 Å². The van der Waals surface area contributed by atoms with Gasteiger partial charge in [0.2, 0.25) is 0 Å². The molecule has 0 amide bonds. The van der Waals surface area contributed by atoms with Gasteiger partial charge in [-0.05, 0) is 18.2 Å². The van der Waals surface area contributed by atoms with Crippen molar-refractivity contribution < 1.29 is 0 Å². The fourth-order valence-electron chi connectivity index (χ4n) is 2.88. The summed E-state index contributed by atoms with van der Waals surface area (Å²) in [7, 11) is 1.93. The van der Waals surface area contributed by atoms with Crippen LogP contribution in [0.4, 0.5) is 5.69 Å². The van der Waals surface area contributed by atoms with E-state index in [1.807, 2.05) is 48.5 Å². The van der Waals surface area contributed by atoms with Crippen molar-refractivity contribution in [3.8, 4) is 0 Å². The molecule has 3 heterocycles. The van der Waals surface area contributed by atoms with E-state index in [0.717, 1.165) is 16.8 Å². The van der Waals surface area contributed by atoms with E-state index in [-0.39, 0.29) is 6.04 Å². The first-order chi connectivity index (χ1) is 11.3. The predicted molar refractivity (Wildman–Crippen MR) is 91.2 cm³/mol. The zero-order chi connectivity index (χ0) is 15.6. The molecule has 0 fully saturated rings. The number of nitrogens with zero attached hydrogens (tertiary/aromatic N) is 3. The summed E-state index contributed by atoms with van der Waals surface area (Å²) < 4.78 is 1.82. The largest absolute Gasteiger partial charge is 0.373 e. The highest BCUT2D eigenvalue weighted by molar-refractivity contribution is 5.84. The maximum absolute atomic E-state index is 4.32. The maximum Gasteiger partial charge on any atom is 0.0819 e. The van der Waals surface area contributed by atoms with Gasteiger partial charge in [-0.1, -0.05) is 18.2 Å². The third-order valence-electron chi connectivity index (χ3n) is 3.96. The molecule has 1 unspecified atom stereocenters. The number of aromatic nitrogens is 4. The second kappa shape index (κ2) is 5.61. The average Bonchev–Trinajstić information content (AvgIpc) is 3.20. The van der Waals surface area contributed by atoms with Crippen molar-refractivity contribution in [1.82, 2.24) is 19.7 Å². The average molecular weight is 303 g/mol. The lowest BCUT2D eigenvalue weighted by atomic mass is 10.0. The van der Waals surface area contributed by atoms with E-state index in [1.165, 1.54) is 10.9 Å². The molecule has 5 nitrogen and oxygen atoms in total. The first-order valence-corrected chi connectivity index (χ1v) is 7.52. The third kappa shape index (κ3) is 2.57. The van der Waals surface area contributed by atoms with Crippen molar-refractivity contribution in [2.45, 2.75) is 6.04 Å². The van der Waals surface area contributed by atoms with Crippen molar-refractivity contribution >= 4 is 16.6 Å². The molecule has 0 bridgehead atoms. The van der Waals surface area contributed by atoms with Crippen LogP contribution in [0.2, 0.25) is 0 Å². The number of aryl methyl sites for hydroxylation is 1. The molecule has 0 aliphatic rings. The minimum Gasteiger partial charge on any atom is -0.373 e. The summed E-state index contributed by atoms with van der Waals surface area (Å²) >= 11 is 0. The smallest absolute Gasteiger partial charge is 0.0819 e. The molecule has 0 saturated heterocycles. The van der Waals surface area contributed by atoms with Gasteiger partial charge in [0.15, 0.2) is 0 Å². The quantitative estimate of drug-likeness (QED) is 0.606. The number of fused-ring (bicyclic) bond motifs is 1. The van der Waals surface area contributed by atoms with Crippen molar-refractivity contribution in [2.24, 2.45) is 7.05 Å². The third-order valence-corrected chi connectivity index (χ3v) is 3.96. The van der Waals surface area contributed by atoms with E-state index in [1.54, 1.807) is 6.20 Å². The molecule has 1 aromatic carbocycles. The summed E-state index contributed by atoms with van der Waals surface area (Å²) in [4.78, 5) is 7.54. The van der Waals surface area contributed by atoms with Crippen molar-refractivity contribution in [1.29, 1.82) is 0 Å². The zero-order valence-electron chi connectivity index (χ0n) is 12.8. The highest BCUT2D eigenvalue weighted by atomic mass is 15.2. The molecule has 4 aromatic rings. The molecular weight excluding hydrogens is 286 g/mol. The van der Waals surface area contributed by atoms with Crippen molar-refractivity contribution in [3.63, 3.8) is 0 Å². The minimum atomic E-state index is 0.00375. The fourth-order valence-corrected chi connectivity index (χ4v) is 2.88. The van der Waals surface area contributed by atoms with E-state index in [0.29, 0.717) is 0 Å². The van der Waals surface area contributed by atoms with Crippen LogP contribution in [-0.2, 0) is 7.05 Å². The molecule has 23 heavy (non-hydrogen) atoms. The number of nitrogens with one attached hydrogen (secondary N) is 2. The molecule has 0 aliphatic carbocycles. The summed E-state index contributed by atoms with van der Waals surface area (Å²) in [5, 5.41) is 9.09. The Hall–Kier alpha value is -3.08. The van der Waals surface area contributed by atoms with Gasteiger partial charge >= 0.3 is 0 Å².